The first-order valence-electron chi connectivity index (χ1n) is 5.54. The number of halogens is 2. The molecule has 2 rings (SSSR count). The number of hydrogen-bond acceptors (Lipinski definition) is 4. The van der Waals surface area contributed by atoms with Gasteiger partial charge in [0.25, 0.3) is 11.2 Å². The van der Waals surface area contributed by atoms with Crippen molar-refractivity contribution in [1.29, 1.82) is 0 Å². The van der Waals surface area contributed by atoms with Gasteiger partial charge in [0.15, 0.2) is 0 Å². The Morgan fingerprint density at radius 2 is 2.20 bits per heavy atom. The Labute approximate surface area is 127 Å². The zero-order chi connectivity index (χ0) is 14.9. The summed E-state index contributed by atoms with van der Waals surface area (Å²) in [6, 6.07) is 4.14. The average molecular weight is 359 g/mol. The van der Waals surface area contributed by atoms with Crippen molar-refractivity contribution in [1.82, 2.24) is 9.55 Å². The van der Waals surface area contributed by atoms with Crippen LogP contribution < -0.4 is 5.56 Å². The molecule has 0 aliphatic heterocycles. The zero-order valence-electron chi connectivity index (χ0n) is 10.3. The predicted molar refractivity (Wildman–Crippen MR) is 78.1 cm³/mol. The first-order valence-corrected chi connectivity index (χ1v) is 6.71. The summed E-state index contributed by atoms with van der Waals surface area (Å²) < 4.78 is 1.77. The number of non-ortho nitro benzene ring substituents is 1. The molecule has 1 aromatic heterocycles. The number of nitrogens with zero attached hydrogens (tertiary/aromatic N) is 3. The third-order valence-corrected chi connectivity index (χ3v) is 4.01. The maximum atomic E-state index is 12.0. The maximum Gasteiger partial charge on any atom is 0.270 e. The number of aryl methyl sites for hydroxylation is 1. The smallest absolute Gasteiger partial charge is 0.270 e. The lowest BCUT2D eigenvalue weighted by Gasteiger charge is -2.08. The largest absolute Gasteiger partial charge is 0.294 e. The molecule has 0 saturated carbocycles. The van der Waals surface area contributed by atoms with Crippen LogP contribution >= 0.6 is 27.5 Å². The van der Waals surface area contributed by atoms with Crippen LogP contribution in [0.1, 0.15) is 11.3 Å². The highest BCUT2D eigenvalue weighted by Gasteiger charge is 2.11. The Morgan fingerprint density at radius 1 is 1.50 bits per heavy atom. The average Bonchev–Trinajstić information content (AvgIpc) is 2.41. The summed E-state index contributed by atoms with van der Waals surface area (Å²) in [5, 5.41) is 10.9. The van der Waals surface area contributed by atoms with Gasteiger partial charge in [-0.1, -0.05) is 11.6 Å². The molecule has 6 nitrogen and oxygen atoms in total. The van der Waals surface area contributed by atoms with Crippen molar-refractivity contribution in [3.63, 3.8) is 0 Å². The maximum absolute atomic E-state index is 12.0. The molecule has 0 bridgehead atoms. The van der Waals surface area contributed by atoms with Gasteiger partial charge in [-0.15, -0.1) is 0 Å². The number of aromatic nitrogens is 2. The van der Waals surface area contributed by atoms with E-state index >= 15 is 0 Å². The number of rotatable bonds is 3. The van der Waals surface area contributed by atoms with Gasteiger partial charge in [0.2, 0.25) is 0 Å². The van der Waals surface area contributed by atoms with Gasteiger partial charge in [-0.2, -0.15) is 0 Å². The van der Waals surface area contributed by atoms with Gasteiger partial charge >= 0.3 is 0 Å². The lowest BCUT2D eigenvalue weighted by Crippen LogP contribution is -2.22. The van der Waals surface area contributed by atoms with Crippen molar-refractivity contribution >= 4 is 33.2 Å². The number of nitro groups is 1. The highest BCUT2D eigenvalue weighted by Crippen LogP contribution is 2.23. The van der Waals surface area contributed by atoms with E-state index in [4.69, 9.17) is 11.6 Å². The highest BCUT2D eigenvalue weighted by atomic mass is 79.9. The highest BCUT2D eigenvalue weighted by molar-refractivity contribution is 9.10. The van der Waals surface area contributed by atoms with Crippen molar-refractivity contribution in [2.24, 2.45) is 0 Å². The minimum absolute atomic E-state index is 0.0886. The molecule has 0 fully saturated rings. The van der Waals surface area contributed by atoms with E-state index in [0.717, 1.165) is 0 Å². The van der Waals surface area contributed by atoms with Crippen LogP contribution in [0.5, 0.6) is 0 Å². The molecule has 1 aromatic carbocycles. The van der Waals surface area contributed by atoms with Crippen molar-refractivity contribution in [2.45, 2.75) is 13.5 Å². The second-order valence-corrected chi connectivity index (χ2v) is 5.31. The monoisotopic (exact) mass is 357 g/mol. The lowest BCUT2D eigenvalue weighted by molar-refractivity contribution is -0.384. The molecule has 0 atom stereocenters. The van der Waals surface area contributed by atoms with Crippen LogP contribution in [-0.4, -0.2) is 14.5 Å². The van der Waals surface area contributed by atoms with E-state index in [9.17, 15) is 14.9 Å². The fourth-order valence-corrected chi connectivity index (χ4v) is 2.19. The zero-order valence-corrected chi connectivity index (χ0v) is 12.7. The van der Waals surface area contributed by atoms with E-state index in [2.05, 4.69) is 20.9 Å². The lowest BCUT2D eigenvalue weighted by atomic mass is 10.2. The van der Waals surface area contributed by atoms with Crippen LogP contribution in [0, 0.1) is 17.0 Å². The molecule has 0 amide bonds. The SMILES string of the molecule is Cc1ncn(Cc2ccc([N+](=O)[O-])cc2Cl)c(=O)c1Br. The molecule has 0 saturated heterocycles. The fraction of sp³-hybridized carbons (Fsp3) is 0.167. The molecule has 20 heavy (non-hydrogen) atoms. The summed E-state index contributed by atoms with van der Waals surface area (Å²) in [7, 11) is 0. The quantitative estimate of drug-likeness (QED) is 0.624. The van der Waals surface area contributed by atoms with Gasteiger partial charge in [-0.3, -0.25) is 19.5 Å². The number of hydrogen-bond donors (Lipinski definition) is 0. The van der Waals surface area contributed by atoms with Crippen molar-refractivity contribution < 1.29 is 4.92 Å². The molecular formula is C12H9BrClN3O3. The van der Waals surface area contributed by atoms with Crippen LogP contribution in [0.2, 0.25) is 5.02 Å². The van der Waals surface area contributed by atoms with Crippen LogP contribution in [0.15, 0.2) is 33.8 Å². The fourth-order valence-electron chi connectivity index (χ4n) is 1.62. The molecule has 1 heterocycles. The van der Waals surface area contributed by atoms with E-state index in [1.54, 1.807) is 6.92 Å². The summed E-state index contributed by atoms with van der Waals surface area (Å²) >= 11 is 9.17. The minimum Gasteiger partial charge on any atom is -0.294 e. The van der Waals surface area contributed by atoms with E-state index in [0.29, 0.717) is 15.7 Å². The van der Waals surface area contributed by atoms with Crippen LogP contribution in [-0.2, 0) is 6.54 Å². The Hall–Kier alpha value is -1.73. The van der Waals surface area contributed by atoms with Crippen LogP contribution in [0.3, 0.4) is 0 Å². The molecule has 0 aliphatic rings. The molecule has 8 heteroatoms. The molecule has 0 spiro atoms. The minimum atomic E-state index is -0.522. The summed E-state index contributed by atoms with van der Waals surface area (Å²) in [5.74, 6) is 0. The van der Waals surface area contributed by atoms with E-state index in [1.807, 2.05) is 0 Å². The van der Waals surface area contributed by atoms with Gasteiger partial charge in [0.05, 0.1) is 28.5 Å². The predicted octanol–water partition coefficient (Wildman–Crippen LogP) is 2.92. The Bertz CT molecular complexity index is 745. The van der Waals surface area contributed by atoms with Crippen molar-refractivity contribution in [3.05, 3.63) is 65.7 Å². The third-order valence-electron chi connectivity index (χ3n) is 2.75. The normalized spacial score (nSPS) is 10.6. The first-order chi connectivity index (χ1) is 9.40. The van der Waals surface area contributed by atoms with Crippen LogP contribution in [0.4, 0.5) is 5.69 Å². The third kappa shape index (κ3) is 2.88. The first kappa shape index (κ1) is 14.7. The molecule has 0 radical (unpaired) electrons. The summed E-state index contributed by atoms with van der Waals surface area (Å²) in [6.07, 6.45) is 1.42. The summed E-state index contributed by atoms with van der Waals surface area (Å²) in [5.41, 5.74) is 0.888. The summed E-state index contributed by atoms with van der Waals surface area (Å²) in [4.78, 5) is 26.2. The van der Waals surface area contributed by atoms with Crippen molar-refractivity contribution in [3.8, 4) is 0 Å². The van der Waals surface area contributed by atoms with Crippen molar-refractivity contribution in [2.75, 3.05) is 0 Å². The topological polar surface area (TPSA) is 78.0 Å². The molecule has 104 valence electrons. The van der Waals surface area contributed by atoms with Crippen LogP contribution in [0.25, 0.3) is 0 Å². The van der Waals surface area contributed by atoms with Gasteiger partial charge in [0.1, 0.15) is 4.47 Å². The molecule has 0 unspecified atom stereocenters. The standard InChI is InChI=1S/C12H9BrClN3O3/c1-7-11(13)12(18)16(6-15-7)5-8-2-3-9(17(19)20)4-10(8)14/h2-4,6H,5H2,1H3. The Balaban J connectivity index is 2.38. The van der Waals surface area contributed by atoms with E-state index in [-0.39, 0.29) is 22.8 Å². The second kappa shape index (κ2) is 5.72. The molecule has 0 N–H and O–H groups in total. The van der Waals surface area contributed by atoms with E-state index in [1.165, 1.54) is 29.1 Å². The van der Waals surface area contributed by atoms with Gasteiger partial charge < -0.3 is 0 Å². The van der Waals surface area contributed by atoms with Gasteiger partial charge in [0, 0.05) is 12.1 Å². The molecule has 2 aromatic rings. The van der Waals surface area contributed by atoms with Gasteiger partial charge in [-0.05, 0) is 34.5 Å². The number of nitro benzene ring substituents is 1. The Morgan fingerprint density at radius 3 is 2.80 bits per heavy atom. The molecular weight excluding hydrogens is 350 g/mol. The second-order valence-electron chi connectivity index (χ2n) is 4.11. The van der Waals surface area contributed by atoms with Gasteiger partial charge in [-0.25, -0.2) is 4.98 Å². The van der Waals surface area contributed by atoms with E-state index < -0.39 is 4.92 Å². The molecule has 0 aliphatic carbocycles. The summed E-state index contributed by atoms with van der Waals surface area (Å²) in [6.45, 7) is 1.91. The Kier molecular flexibility index (Phi) is 4.20. The number of benzene rings is 1.